The third kappa shape index (κ3) is 2.89. The van der Waals surface area contributed by atoms with Gasteiger partial charge >= 0.3 is 0 Å². The first-order valence-electron chi connectivity index (χ1n) is 6.19. The Morgan fingerprint density at radius 1 is 1.42 bits per heavy atom. The Morgan fingerprint density at radius 3 is 2.84 bits per heavy atom. The molecule has 2 rings (SSSR count). The molecule has 102 valence electrons. The number of aromatic nitrogens is 1. The molecule has 2 aromatic rings. The van der Waals surface area contributed by atoms with Gasteiger partial charge in [-0.15, -0.1) is 0 Å². The van der Waals surface area contributed by atoms with E-state index < -0.39 is 5.82 Å². The summed E-state index contributed by atoms with van der Waals surface area (Å²) in [5.74, 6) is 0.153. The zero-order valence-electron chi connectivity index (χ0n) is 10.9. The van der Waals surface area contributed by atoms with Gasteiger partial charge in [0.25, 0.3) is 0 Å². The fourth-order valence-electron chi connectivity index (χ4n) is 1.92. The van der Waals surface area contributed by atoms with Gasteiger partial charge in [0, 0.05) is 5.56 Å². The number of hydrogen-bond donors (Lipinski definition) is 1. The summed E-state index contributed by atoms with van der Waals surface area (Å²) in [6.07, 6.45) is 1.63. The number of rotatable bonds is 4. The lowest BCUT2D eigenvalue weighted by Gasteiger charge is -2.06. The third-order valence-corrected chi connectivity index (χ3v) is 3.26. The first-order valence-corrected chi connectivity index (χ1v) is 6.57. The molecular formula is C14H16ClFN2O. The van der Waals surface area contributed by atoms with Gasteiger partial charge in [-0.3, -0.25) is 0 Å². The summed E-state index contributed by atoms with van der Waals surface area (Å²) in [6, 6.07) is 4.81. The van der Waals surface area contributed by atoms with Gasteiger partial charge in [-0.2, -0.15) is 0 Å². The molecule has 0 unspecified atom stereocenters. The van der Waals surface area contributed by atoms with Crippen LogP contribution in [0.1, 0.15) is 26.0 Å². The zero-order chi connectivity index (χ0) is 14.0. The second kappa shape index (κ2) is 5.61. The molecule has 19 heavy (non-hydrogen) atoms. The van der Waals surface area contributed by atoms with Crippen molar-refractivity contribution in [2.24, 2.45) is 5.92 Å². The van der Waals surface area contributed by atoms with E-state index in [2.05, 4.69) is 19.0 Å². The zero-order valence-corrected chi connectivity index (χ0v) is 11.7. The lowest BCUT2D eigenvalue weighted by molar-refractivity contribution is 0.423. The molecule has 5 heteroatoms. The molecule has 0 aliphatic heterocycles. The van der Waals surface area contributed by atoms with E-state index >= 15 is 0 Å². The van der Waals surface area contributed by atoms with Crippen molar-refractivity contribution in [3.05, 3.63) is 34.7 Å². The van der Waals surface area contributed by atoms with E-state index in [1.807, 2.05) is 0 Å². The molecule has 0 aliphatic rings. The summed E-state index contributed by atoms with van der Waals surface area (Å²) in [7, 11) is 0. The van der Waals surface area contributed by atoms with Crippen LogP contribution in [-0.2, 0) is 6.42 Å². The van der Waals surface area contributed by atoms with Crippen LogP contribution in [0.2, 0.25) is 5.02 Å². The Hall–Kier alpha value is -1.55. The fraction of sp³-hybridized carbons (Fsp3) is 0.357. The number of nitrogen functional groups attached to an aromatic ring is 1. The second-order valence-corrected chi connectivity index (χ2v) is 5.31. The summed E-state index contributed by atoms with van der Waals surface area (Å²) in [4.78, 5) is 0. The van der Waals surface area contributed by atoms with Crippen LogP contribution in [-0.4, -0.2) is 5.16 Å². The minimum atomic E-state index is -0.495. The van der Waals surface area contributed by atoms with E-state index in [9.17, 15) is 4.39 Å². The molecule has 0 saturated carbocycles. The van der Waals surface area contributed by atoms with Crippen molar-refractivity contribution in [3.8, 4) is 11.1 Å². The third-order valence-electron chi connectivity index (χ3n) is 2.97. The van der Waals surface area contributed by atoms with Gasteiger partial charge in [0.1, 0.15) is 5.82 Å². The number of hydrogen-bond acceptors (Lipinski definition) is 3. The molecule has 0 saturated heterocycles. The Bertz CT molecular complexity index is 581. The maximum atomic E-state index is 14.1. The first-order chi connectivity index (χ1) is 9.00. The Kier molecular flexibility index (Phi) is 4.10. The highest BCUT2D eigenvalue weighted by atomic mass is 35.5. The summed E-state index contributed by atoms with van der Waals surface area (Å²) < 4.78 is 19.1. The lowest BCUT2D eigenvalue weighted by atomic mass is 9.99. The Balaban J connectivity index is 2.43. The normalized spacial score (nSPS) is 11.2. The van der Waals surface area contributed by atoms with Crippen LogP contribution in [0.5, 0.6) is 0 Å². The summed E-state index contributed by atoms with van der Waals surface area (Å²) in [5.41, 5.74) is 7.29. The number of anilines is 1. The molecule has 0 radical (unpaired) electrons. The van der Waals surface area contributed by atoms with Crippen molar-refractivity contribution < 1.29 is 8.91 Å². The van der Waals surface area contributed by atoms with E-state index in [4.69, 9.17) is 21.9 Å². The van der Waals surface area contributed by atoms with E-state index in [0.29, 0.717) is 29.2 Å². The maximum absolute atomic E-state index is 14.1. The lowest BCUT2D eigenvalue weighted by Crippen LogP contribution is -1.97. The van der Waals surface area contributed by atoms with Gasteiger partial charge < -0.3 is 10.3 Å². The molecule has 0 amide bonds. The molecule has 0 atom stereocenters. The van der Waals surface area contributed by atoms with Crippen LogP contribution in [0.3, 0.4) is 0 Å². The molecule has 3 nitrogen and oxygen atoms in total. The van der Waals surface area contributed by atoms with Crippen LogP contribution in [0.25, 0.3) is 11.1 Å². The number of halogens is 2. The standard InChI is InChI=1S/C14H16ClFN2O/c1-8(2)6-7-11-12(14(17)19-18-11)9-4-3-5-10(15)13(9)16/h3-5,8H,6-7,17H2,1-2H3. The van der Waals surface area contributed by atoms with Crippen LogP contribution in [0.15, 0.2) is 22.7 Å². The van der Waals surface area contributed by atoms with Crippen molar-refractivity contribution in [3.63, 3.8) is 0 Å². The van der Waals surface area contributed by atoms with Gasteiger partial charge in [-0.05, 0) is 24.8 Å². The summed E-state index contributed by atoms with van der Waals surface area (Å²) >= 11 is 5.80. The van der Waals surface area contributed by atoms with Gasteiger partial charge in [0.2, 0.25) is 5.88 Å². The van der Waals surface area contributed by atoms with Crippen molar-refractivity contribution >= 4 is 17.5 Å². The average Bonchev–Trinajstić information content (AvgIpc) is 2.72. The van der Waals surface area contributed by atoms with E-state index in [1.165, 1.54) is 6.07 Å². The smallest absolute Gasteiger partial charge is 0.230 e. The van der Waals surface area contributed by atoms with Crippen molar-refractivity contribution in [2.75, 3.05) is 5.73 Å². The largest absolute Gasteiger partial charge is 0.367 e. The quantitative estimate of drug-likeness (QED) is 0.909. The number of aryl methyl sites for hydroxylation is 1. The highest BCUT2D eigenvalue weighted by Gasteiger charge is 2.20. The molecule has 1 aromatic carbocycles. The molecule has 1 heterocycles. The summed E-state index contributed by atoms with van der Waals surface area (Å²) in [6.45, 7) is 4.23. The minimum absolute atomic E-state index is 0.0629. The highest BCUT2D eigenvalue weighted by Crippen LogP contribution is 2.34. The van der Waals surface area contributed by atoms with E-state index in [1.54, 1.807) is 12.1 Å². The van der Waals surface area contributed by atoms with Crippen LogP contribution in [0.4, 0.5) is 10.3 Å². The number of benzene rings is 1. The SMILES string of the molecule is CC(C)CCc1noc(N)c1-c1cccc(Cl)c1F. The van der Waals surface area contributed by atoms with Gasteiger partial charge in [-0.25, -0.2) is 4.39 Å². The predicted molar refractivity (Wildman–Crippen MR) is 74.5 cm³/mol. The first kappa shape index (κ1) is 13.9. The van der Waals surface area contributed by atoms with Crippen LogP contribution in [0, 0.1) is 11.7 Å². The monoisotopic (exact) mass is 282 g/mol. The fourth-order valence-corrected chi connectivity index (χ4v) is 2.09. The molecule has 0 aliphatic carbocycles. The second-order valence-electron chi connectivity index (χ2n) is 4.90. The topological polar surface area (TPSA) is 52.0 Å². The van der Waals surface area contributed by atoms with Gasteiger partial charge in [0.15, 0.2) is 0 Å². The Morgan fingerprint density at radius 2 is 2.16 bits per heavy atom. The highest BCUT2D eigenvalue weighted by molar-refractivity contribution is 6.31. The molecule has 0 spiro atoms. The Labute approximate surface area is 116 Å². The molecule has 0 bridgehead atoms. The van der Waals surface area contributed by atoms with Gasteiger partial charge in [0.05, 0.1) is 16.3 Å². The average molecular weight is 283 g/mol. The summed E-state index contributed by atoms with van der Waals surface area (Å²) in [5, 5.41) is 3.99. The molecule has 2 N–H and O–H groups in total. The van der Waals surface area contributed by atoms with Crippen LogP contribution >= 0.6 is 11.6 Å². The predicted octanol–water partition coefficient (Wildman–Crippen LogP) is 4.30. The molecular weight excluding hydrogens is 267 g/mol. The van der Waals surface area contributed by atoms with Crippen LogP contribution < -0.4 is 5.73 Å². The maximum Gasteiger partial charge on any atom is 0.230 e. The number of nitrogens with zero attached hydrogens (tertiary/aromatic N) is 1. The van der Waals surface area contributed by atoms with Gasteiger partial charge in [-0.1, -0.05) is 42.7 Å². The van der Waals surface area contributed by atoms with Crippen molar-refractivity contribution in [1.29, 1.82) is 0 Å². The van der Waals surface area contributed by atoms with E-state index in [-0.39, 0.29) is 10.9 Å². The van der Waals surface area contributed by atoms with Crippen molar-refractivity contribution in [1.82, 2.24) is 5.16 Å². The molecule has 0 fully saturated rings. The minimum Gasteiger partial charge on any atom is -0.367 e. The van der Waals surface area contributed by atoms with E-state index in [0.717, 1.165) is 6.42 Å². The van der Waals surface area contributed by atoms with Crippen molar-refractivity contribution in [2.45, 2.75) is 26.7 Å². The molecule has 1 aromatic heterocycles. The number of nitrogens with two attached hydrogens (primary N) is 1.